The number of rotatable bonds is 4. The number of nitro benzene ring substituents is 1. The van der Waals surface area contributed by atoms with Gasteiger partial charge in [0.15, 0.2) is 0 Å². The maximum absolute atomic E-state index is 11.4. The standard InChI is InChI=1S/C17H11BrN2O4/c18-15-3-1-2-10-4-5-11(8-13(10)15)19-16-7-6-12(20(23)24)9-14(16)17(21)22/h1-9,19H,(H,21,22). The Morgan fingerprint density at radius 1 is 1.12 bits per heavy atom. The first-order chi connectivity index (χ1) is 11.5. The molecule has 3 aromatic carbocycles. The Morgan fingerprint density at radius 2 is 1.92 bits per heavy atom. The summed E-state index contributed by atoms with van der Waals surface area (Å²) in [5.74, 6) is -1.23. The second-order valence-electron chi connectivity index (χ2n) is 5.09. The molecule has 120 valence electrons. The van der Waals surface area contributed by atoms with Gasteiger partial charge in [-0.3, -0.25) is 10.1 Å². The number of aromatic carboxylic acids is 1. The second kappa shape index (κ2) is 6.29. The highest BCUT2D eigenvalue weighted by molar-refractivity contribution is 9.10. The quantitative estimate of drug-likeness (QED) is 0.488. The van der Waals surface area contributed by atoms with E-state index >= 15 is 0 Å². The second-order valence-corrected chi connectivity index (χ2v) is 5.95. The molecule has 0 radical (unpaired) electrons. The van der Waals surface area contributed by atoms with Crippen LogP contribution < -0.4 is 5.32 Å². The van der Waals surface area contributed by atoms with E-state index in [0.29, 0.717) is 11.4 Å². The number of nitrogens with zero attached hydrogens (tertiary/aromatic N) is 1. The van der Waals surface area contributed by atoms with Crippen molar-refractivity contribution in [3.63, 3.8) is 0 Å². The first-order valence-electron chi connectivity index (χ1n) is 6.93. The summed E-state index contributed by atoms with van der Waals surface area (Å²) in [6, 6.07) is 15.1. The van der Waals surface area contributed by atoms with Gasteiger partial charge in [-0.15, -0.1) is 0 Å². The van der Waals surface area contributed by atoms with Crippen molar-refractivity contribution in [1.82, 2.24) is 0 Å². The van der Waals surface area contributed by atoms with Crippen LogP contribution in [0.15, 0.2) is 59.1 Å². The zero-order chi connectivity index (χ0) is 17.3. The third kappa shape index (κ3) is 3.07. The molecule has 0 aliphatic heterocycles. The zero-order valence-corrected chi connectivity index (χ0v) is 13.8. The molecule has 0 saturated carbocycles. The van der Waals surface area contributed by atoms with Crippen LogP contribution in [0.25, 0.3) is 10.8 Å². The van der Waals surface area contributed by atoms with Crippen molar-refractivity contribution >= 4 is 49.7 Å². The van der Waals surface area contributed by atoms with E-state index in [-0.39, 0.29) is 11.3 Å². The zero-order valence-electron chi connectivity index (χ0n) is 12.2. The number of non-ortho nitro benzene ring substituents is 1. The molecule has 3 rings (SSSR count). The lowest BCUT2D eigenvalue weighted by molar-refractivity contribution is -0.384. The van der Waals surface area contributed by atoms with Crippen LogP contribution in [0.4, 0.5) is 17.1 Å². The largest absolute Gasteiger partial charge is 0.478 e. The highest BCUT2D eigenvalue weighted by atomic mass is 79.9. The van der Waals surface area contributed by atoms with Crippen LogP contribution in [0, 0.1) is 10.1 Å². The predicted octanol–water partition coefficient (Wildman–Crippen LogP) is 4.95. The lowest BCUT2D eigenvalue weighted by atomic mass is 10.1. The molecule has 2 N–H and O–H groups in total. The number of carboxylic acid groups (broad SMARTS) is 1. The van der Waals surface area contributed by atoms with Crippen molar-refractivity contribution in [2.24, 2.45) is 0 Å². The third-order valence-electron chi connectivity index (χ3n) is 3.55. The van der Waals surface area contributed by atoms with Crippen LogP contribution in [-0.2, 0) is 0 Å². The molecule has 0 unspecified atom stereocenters. The van der Waals surface area contributed by atoms with Gasteiger partial charge >= 0.3 is 5.97 Å². The number of halogens is 1. The minimum absolute atomic E-state index is 0.156. The van der Waals surface area contributed by atoms with E-state index in [4.69, 9.17) is 0 Å². The highest BCUT2D eigenvalue weighted by Gasteiger charge is 2.16. The fourth-order valence-electron chi connectivity index (χ4n) is 2.40. The van der Waals surface area contributed by atoms with Gasteiger partial charge in [-0.05, 0) is 35.0 Å². The van der Waals surface area contributed by atoms with Gasteiger partial charge in [0.2, 0.25) is 0 Å². The van der Waals surface area contributed by atoms with Crippen LogP contribution in [0.5, 0.6) is 0 Å². The summed E-state index contributed by atoms with van der Waals surface area (Å²) in [5, 5.41) is 25.1. The highest BCUT2D eigenvalue weighted by Crippen LogP contribution is 2.30. The van der Waals surface area contributed by atoms with Gasteiger partial charge < -0.3 is 10.4 Å². The lowest BCUT2D eigenvalue weighted by Crippen LogP contribution is -2.04. The normalized spacial score (nSPS) is 10.5. The van der Waals surface area contributed by atoms with Crippen molar-refractivity contribution in [2.45, 2.75) is 0 Å². The van der Waals surface area contributed by atoms with Crippen molar-refractivity contribution < 1.29 is 14.8 Å². The number of carbonyl (C=O) groups is 1. The number of benzene rings is 3. The molecule has 0 bridgehead atoms. The SMILES string of the molecule is O=C(O)c1cc([N+](=O)[O-])ccc1Nc1ccc2cccc(Br)c2c1. The Labute approximate surface area is 145 Å². The smallest absolute Gasteiger partial charge is 0.338 e. The van der Waals surface area contributed by atoms with Crippen LogP contribution >= 0.6 is 15.9 Å². The lowest BCUT2D eigenvalue weighted by Gasteiger charge is -2.11. The van der Waals surface area contributed by atoms with Crippen LogP contribution in [0.3, 0.4) is 0 Å². The number of nitro groups is 1. The van der Waals surface area contributed by atoms with E-state index in [1.807, 2.05) is 36.4 Å². The molecular weight excluding hydrogens is 376 g/mol. The monoisotopic (exact) mass is 386 g/mol. The molecule has 0 atom stereocenters. The Hall–Kier alpha value is -2.93. The molecule has 0 saturated heterocycles. The van der Waals surface area contributed by atoms with Crippen molar-refractivity contribution in [1.29, 1.82) is 0 Å². The number of anilines is 2. The average Bonchev–Trinajstić information content (AvgIpc) is 2.55. The predicted molar refractivity (Wildman–Crippen MR) is 95.0 cm³/mol. The first kappa shape index (κ1) is 15.9. The summed E-state index contributed by atoms with van der Waals surface area (Å²) in [6.45, 7) is 0. The molecular formula is C17H11BrN2O4. The summed E-state index contributed by atoms with van der Waals surface area (Å²) in [7, 11) is 0. The van der Waals surface area contributed by atoms with E-state index in [1.165, 1.54) is 12.1 Å². The van der Waals surface area contributed by atoms with Gasteiger partial charge in [-0.2, -0.15) is 0 Å². The number of hydrogen-bond donors (Lipinski definition) is 2. The van der Waals surface area contributed by atoms with Gasteiger partial charge in [0.25, 0.3) is 5.69 Å². The summed E-state index contributed by atoms with van der Waals surface area (Å²) in [5.41, 5.74) is 0.556. The third-order valence-corrected chi connectivity index (χ3v) is 4.24. The van der Waals surface area contributed by atoms with Gasteiger partial charge in [0.1, 0.15) is 0 Å². The number of nitrogens with one attached hydrogen (secondary N) is 1. The molecule has 0 heterocycles. The molecule has 3 aromatic rings. The number of fused-ring (bicyclic) bond motifs is 1. The Balaban J connectivity index is 2.03. The van der Waals surface area contributed by atoms with Crippen molar-refractivity contribution in [3.05, 3.63) is 74.7 Å². The van der Waals surface area contributed by atoms with E-state index in [0.717, 1.165) is 21.3 Å². The summed E-state index contributed by atoms with van der Waals surface area (Å²) in [4.78, 5) is 21.6. The van der Waals surface area contributed by atoms with Gasteiger partial charge in [-0.25, -0.2) is 4.79 Å². The summed E-state index contributed by atoms with van der Waals surface area (Å²) >= 11 is 3.48. The summed E-state index contributed by atoms with van der Waals surface area (Å²) < 4.78 is 0.922. The van der Waals surface area contributed by atoms with Crippen LogP contribution in [0.2, 0.25) is 0 Å². The van der Waals surface area contributed by atoms with Crippen LogP contribution in [-0.4, -0.2) is 16.0 Å². The van der Waals surface area contributed by atoms with E-state index in [9.17, 15) is 20.0 Å². The van der Waals surface area contributed by atoms with Gasteiger partial charge in [0, 0.05) is 22.3 Å². The van der Waals surface area contributed by atoms with Crippen molar-refractivity contribution in [3.8, 4) is 0 Å². The Morgan fingerprint density at radius 3 is 2.62 bits per heavy atom. The molecule has 6 nitrogen and oxygen atoms in total. The maximum Gasteiger partial charge on any atom is 0.338 e. The molecule has 0 aromatic heterocycles. The fraction of sp³-hybridized carbons (Fsp3) is 0. The molecule has 0 aliphatic rings. The van der Waals surface area contributed by atoms with E-state index in [1.54, 1.807) is 0 Å². The van der Waals surface area contributed by atoms with Gasteiger partial charge in [0.05, 0.1) is 16.2 Å². The molecule has 0 spiro atoms. The molecule has 24 heavy (non-hydrogen) atoms. The van der Waals surface area contributed by atoms with Crippen molar-refractivity contribution in [2.75, 3.05) is 5.32 Å². The minimum Gasteiger partial charge on any atom is -0.478 e. The Kier molecular flexibility index (Phi) is 4.18. The fourth-order valence-corrected chi connectivity index (χ4v) is 2.90. The van der Waals surface area contributed by atoms with Crippen LogP contribution in [0.1, 0.15) is 10.4 Å². The maximum atomic E-state index is 11.4. The molecule has 0 fully saturated rings. The summed E-state index contributed by atoms with van der Waals surface area (Å²) in [6.07, 6.45) is 0. The average molecular weight is 387 g/mol. The molecule has 7 heteroatoms. The Bertz CT molecular complexity index is 972. The van der Waals surface area contributed by atoms with E-state index < -0.39 is 10.9 Å². The number of hydrogen-bond acceptors (Lipinski definition) is 4. The molecule has 0 aliphatic carbocycles. The van der Waals surface area contributed by atoms with Gasteiger partial charge in [-0.1, -0.05) is 34.1 Å². The molecule has 0 amide bonds. The topological polar surface area (TPSA) is 92.5 Å². The minimum atomic E-state index is -1.23. The van der Waals surface area contributed by atoms with E-state index in [2.05, 4.69) is 21.2 Å². The first-order valence-corrected chi connectivity index (χ1v) is 7.72. The number of carboxylic acids is 1.